The average Bonchev–Trinajstić information content (AvgIpc) is 3.37. The second kappa shape index (κ2) is 12.1. The summed E-state index contributed by atoms with van der Waals surface area (Å²) in [6.07, 6.45) is 5.89. The Morgan fingerprint density at radius 2 is 1.83 bits per heavy atom. The molecule has 0 aromatic heterocycles. The van der Waals surface area contributed by atoms with Gasteiger partial charge in [-0.2, -0.15) is 0 Å². The van der Waals surface area contributed by atoms with E-state index in [9.17, 15) is 5.11 Å². The minimum Gasteiger partial charge on any atom is -0.504 e. The van der Waals surface area contributed by atoms with E-state index in [1.165, 1.54) is 5.57 Å². The molecule has 1 N–H and O–H groups in total. The molecule has 35 heavy (non-hydrogen) atoms. The normalized spacial score (nSPS) is 15.5. The molecule has 0 aliphatic carbocycles. The molecule has 1 unspecified atom stereocenters. The number of hydrogen-bond acceptors (Lipinski definition) is 4. The highest BCUT2D eigenvalue weighted by atomic mass is 127. The molecule has 0 fully saturated rings. The first-order valence-corrected chi connectivity index (χ1v) is 12.6. The molecular formula is C30H29IO4. The Labute approximate surface area is 220 Å². The van der Waals surface area contributed by atoms with Gasteiger partial charge in [-0.3, -0.25) is 0 Å². The van der Waals surface area contributed by atoms with E-state index in [0.717, 1.165) is 44.4 Å². The fraction of sp³-hybridized carbons (Fsp3) is 0.200. The van der Waals surface area contributed by atoms with E-state index in [-0.39, 0.29) is 11.9 Å². The molecule has 3 aromatic carbocycles. The molecule has 180 valence electrons. The minimum absolute atomic E-state index is 0.0246. The van der Waals surface area contributed by atoms with Crippen LogP contribution in [0.15, 0.2) is 96.6 Å². The first-order chi connectivity index (χ1) is 17.0. The molecule has 1 heterocycles. The monoisotopic (exact) mass is 580 g/mol. The van der Waals surface area contributed by atoms with E-state index in [4.69, 9.17) is 14.2 Å². The average molecular weight is 580 g/mol. The summed E-state index contributed by atoms with van der Waals surface area (Å²) in [7, 11) is 1.57. The van der Waals surface area contributed by atoms with Crippen molar-refractivity contribution in [2.75, 3.05) is 20.3 Å². The van der Waals surface area contributed by atoms with Crippen LogP contribution in [-0.2, 0) is 4.74 Å². The van der Waals surface area contributed by atoms with Crippen LogP contribution in [0.1, 0.15) is 24.0 Å². The van der Waals surface area contributed by atoms with Crippen LogP contribution in [0.5, 0.6) is 17.2 Å². The summed E-state index contributed by atoms with van der Waals surface area (Å²) in [5.41, 5.74) is 5.39. The molecule has 1 aliphatic rings. The summed E-state index contributed by atoms with van der Waals surface area (Å²) in [6, 6.07) is 23.9. The van der Waals surface area contributed by atoms with Crippen molar-refractivity contribution in [3.63, 3.8) is 0 Å². The zero-order chi connectivity index (χ0) is 24.6. The topological polar surface area (TPSA) is 47.9 Å². The molecule has 0 spiro atoms. The molecule has 4 rings (SSSR count). The SMILES string of the molecule is C=C(COc1ccccc1)C1=CCOC1CC/C(=C/c1cc(I)c(O)c(OC)c1)c1ccccc1. The van der Waals surface area contributed by atoms with Crippen LogP contribution < -0.4 is 9.47 Å². The van der Waals surface area contributed by atoms with Crippen molar-refractivity contribution in [3.05, 3.63) is 111 Å². The number of halogens is 1. The predicted octanol–water partition coefficient (Wildman–Crippen LogP) is 7.29. The lowest BCUT2D eigenvalue weighted by Gasteiger charge is -2.18. The molecule has 0 amide bonds. The highest BCUT2D eigenvalue weighted by molar-refractivity contribution is 14.1. The van der Waals surface area contributed by atoms with E-state index in [2.05, 4.69) is 53.5 Å². The lowest BCUT2D eigenvalue weighted by atomic mass is 9.93. The summed E-state index contributed by atoms with van der Waals surface area (Å²) in [5, 5.41) is 10.2. The zero-order valence-electron chi connectivity index (χ0n) is 19.7. The zero-order valence-corrected chi connectivity index (χ0v) is 21.9. The maximum absolute atomic E-state index is 10.2. The van der Waals surface area contributed by atoms with E-state index >= 15 is 0 Å². The van der Waals surface area contributed by atoms with Crippen molar-refractivity contribution >= 4 is 34.2 Å². The second-order valence-corrected chi connectivity index (χ2v) is 9.48. The van der Waals surface area contributed by atoms with Crippen molar-refractivity contribution in [2.24, 2.45) is 0 Å². The van der Waals surface area contributed by atoms with Gasteiger partial charge in [0.15, 0.2) is 11.5 Å². The first kappa shape index (κ1) is 25.1. The lowest BCUT2D eigenvalue weighted by Crippen LogP contribution is -2.14. The van der Waals surface area contributed by atoms with Gasteiger partial charge in [0.1, 0.15) is 12.4 Å². The molecule has 3 aromatic rings. The van der Waals surface area contributed by atoms with Crippen molar-refractivity contribution in [1.82, 2.24) is 0 Å². The fourth-order valence-corrected chi connectivity index (χ4v) is 4.75. The van der Waals surface area contributed by atoms with Gasteiger partial charge in [-0.1, -0.05) is 67.3 Å². The third-order valence-corrected chi connectivity index (χ3v) is 6.77. The van der Waals surface area contributed by atoms with Crippen LogP contribution in [0.25, 0.3) is 11.6 Å². The van der Waals surface area contributed by atoms with Crippen LogP contribution in [0.4, 0.5) is 0 Å². The van der Waals surface area contributed by atoms with Gasteiger partial charge in [-0.15, -0.1) is 0 Å². The Balaban J connectivity index is 1.49. The molecule has 0 radical (unpaired) electrons. The van der Waals surface area contributed by atoms with Crippen LogP contribution >= 0.6 is 22.6 Å². The third kappa shape index (κ3) is 6.55. The summed E-state index contributed by atoms with van der Waals surface area (Å²) < 4.78 is 18.1. The standard InChI is InChI=1S/C30H29IO4/c1-21(20-35-25-11-7-4-8-12-25)26-15-16-34-28(26)14-13-24(23-9-5-3-6-10-23)17-22-18-27(31)30(32)29(19-22)33-2/h3-12,15,17-19,28,32H,1,13-14,16,20H2,2H3/b24-17-. The highest BCUT2D eigenvalue weighted by Crippen LogP contribution is 2.35. The number of rotatable bonds is 10. The second-order valence-electron chi connectivity index (χ2n) is 8.31. The van der Waals surface area contributed by atoms with Gasteiger partial charge in [-0.05, 0) is 87.5 Å². The molecule has 0 saturated carbocycles. The van der Waals surface area contributed by atoms with Crippen molar-refractivity contribution in [1.29, 1.82) is 0 Å². The number of hydrogen-bond donors (Lipinski definition) is 1. The van der Waals surface area contributed by atoms with Crippen LogP contribution in [0, 0.1) is 3.57 Å². The van der Waals surface area contributed by atoms with Gasteiger partial charge >= 0.3 is 0 Å². The van der Waals surface area contributed by atoms with Gasteiger partial charge in [0.2, 0.25) is 0 Å². The molecule has 0 bridgehead atoms. The van der Waals surface area contributed by atoms with E-state index < -0.39 is 0 Å². The van der Waals surface area contributed by atoms with Crippen molar-refractivity contribution < 1.29 is 19.3 Å². The number of allylic oxidation sites excluding steroid dienone is 1. The Kier molecular flexibility index (Phi) is 8.66. The molecule has 4 nitrogen and oxygen atoms in total. The van der Waals surface area contributed by atoms with Gasteiger partial charge in [-0.25, -0.2) is 0 Å². The number of phenols is 1. The Morgan fingerprint density at radius 1 is 1.11 bits per heavy atom. The maximum Gasteiger partial charge on any atom is 0.171 e. The van der Waals surface area contributed by atoms with Crippen LogP contribution in [0.2, 0.25) is 0 Å². The largest absolute Gasteiger partial charge is 0.504 e. The van der Waals surface area contributed by atoms with Gasteiger partial charge in [0, 0.05) is 0 Å². The summed E-state index contributed by atoms with van der Waals surface area (Å²) >= 11 is 2.13. The van der Waals surface area contributed by atoms with Crippen molar-refractivity contribution in [2.45, 2.75) is 18.9 Å². The number of benzene rings is 3. The quantitative estimate of drug-likeness (QED) is 0.202. The Morgan fingerprint density at radius 3 is 2.54 bits per heavy atom. The highest BCUT2D eigenvalue weighted by Gasteiger charge is 2.23. The van der Waals surface area contributed by atoms with Gasteiger partial charge in [0.05, 0.1) is 23.4 Å². The Hall–Kier alpha value is -3.03. The van der Waals surface area contributed by atoms with E-state index in [1.54, 1.807) is 7.11 Å². The van der Waals surface area contributed by atoms with E-state index in [1.807, 2.05) is 60.7 Å². The minimum atomic E-state index is -0.0246. The number of phenolic OH excluding ortho intramolecular Hbond substituents is 1. The van der Waals surface area contributed by atoms with E-state index in [0.29, 0.717) is 19.0 Å². The van der Waals surface area contributed by atoms with Crippen molar-refractivity contribution in [3.8, 4) is 17.2 Å². The fourth-order valence-electron chi connectivity index (χ4n) is 4.13. The van der Waals surface area contributed by atoms with Crippen LogP contribution in [0.3, 0.4) is 0 Å². The lowest BCUT2D eigenvalue weighted by molar-refractivity contribution is 0.117. The molecule has 0 saturated heterocycles. The molecular weight excluding hydrogens is 551 g/mol. The summed E-state index contributed by atoms with van der Waals surface area (Å²) in [6.45, 7) is 5.28. The number of ether oxygens (including phenoxy) is 3. The van der Waals surface area contributed by atoms with Gasteiger partial charge < -0.3 is 19.3 Å². The molecule has 1 atom stereocenters. The summed E-state index contributed by atoms with van der Waals surface area (Å²) in [4.78, 5) is 0. The molecule has 5 heteroatoms. The number of para-hydroxylation sites is 1. The number of aromatic hydroxyl groups is 1. The summed E-state index contributed by atoms with van der Waals surface area (Å²) in [5.74, 6) is 1.46. The molecule has 1 aliphatic heterocycles. The smallest absolute Gasteiger partial charge is 0.171 e. The van der Waals surface area contributed by atoms with Crippen LogP contribution in [-0.4, -0.2) is 31.5 Å². The van der Waals surface area contributed by atoms with Gasteiger partial charge in [0.25, 0.3) is 0 Å². The Bertz CT molecular complexity index is 1220. The number of methoxy groups -OCH3 is 1. The maximum atomic E-state index is 10.2. The predicted molar refractivity (Wildman–Crippen MR) is 150 cm³/mol. The third-order valence-electron chi connectivity index (χ3n) is 5.94. The first-order valence-electron chi connectivity index (χ1n) is 11.6.